The Morgan fingerprint density at radius 3 is 2.67 bits per heavy atom. The number of hydrogen-bond donors (Lipinski definition) is 2. The average Bonchev–Trinajstić information content (AvgIpc) is 2.78. The van der Waals surface area contributed by atoms with Gasteiger partial charge in [0.25, 0.3) is 0 Å². The van der Waals surface area contributed by atoms with Crippen molar-refractivity contribution in [2.75, 3.05) is 18.4 Å². The van der Waals surface area contributed by atoms with Gasteiger partial charge in [-0.1, -0.05) is 6.92 Å². The van der Waals surface area contributed by atoms with Gasteiger partial charge < -0.3 is 10.6 Å². The molecule has 1 aromatic heterocycles. The van der Waals surface area contributed by atoms with Gasteiger partial charge in [0.15, 0.2) is 10.9 Å². The van der Waals surface area contributed by atoms with E-state index >= 15 is 0 Å². The van der Waals surface area contributed by atoms with Gasteiger partial charge in [-0.05, 0) is 25.9 Å². The number of carbonyl (C=O) groups excluding carboxylic acids is 2. The number of rotatable bonds is 3. The normalized spacial score (nSPS) is 18.3. The van der Waals surface area contributed by atoms with E-state index in [0.717, 1.165) is 25.9 Å². The first-order valence-electron chi connectivity index (χ1n) is 6.00. The van der Waals surface area contributed by atoms with Crippen LogP contribution in [0.25, 0.3) is 0 Å². The van der Waals surface area contributed by atoms with E-state index in [-0.39, 0.29) is 17.1 Å². The zero-order valence-electron chi connectivity index (χ0n) is 10.6. The first kappa shape index (κ1) is 13.2. The Morgan fingerprint density at radius 2 is 2.11 bits per heavy atom. The maximum absolute atomic E-state index is 12.2. The molecule has 1 fully saturated rings. The van der Waals surface area contributed by atoms with Crippen molar-refractivity contribution in [3.63, 3.8) is 0 Å². The van der Waals surface area contributed by atoms with Crippen LogP contribution in [-0.4, -0.2) is 29.8 Å². The van der Waals surface area contributed by atoms with Gasteiger partial charge in [0.05, 0.1) is 0 Å². The number of carbonyl (C=O) groups is 2. The molecule has 0 bridgehead atoms. The molecule has 98 valence electrons. The largest absolute Gasteiger partial charge is 0.317 e. The smallest absolute Gasteiger partial charge is 0.232 e. The number of aromatic nitrogens is 1. The Balaban J connectivity index is 2.03. The Kier molecular flexibility index (Phi) is 3.77. The molecule has 2 heterocycles. The monoisotopic (exact) mass is 267 g/mol. The molecule has 0 spiro atoms. The summed E-state index contributed by atoms with van der Waals surface area (Å²) < 4.78 is 0. The molecule has 2 rings (SSSR count). The molecule has 18 heavy (non-hydrogen) atoms. The van der Waals surface area contributed by atoms with Crippen LogP contribution in [0, 0.1) is 5.41 Å². The van der Waals surface area contributed by atoms with E-state index in [0.29, 0.717) is 10.8 Å². The SMILES string of the molecule is CC(=O)c1csc(NC(=O)C2(C)CCNCC2)n1. The van der Waals surface area contributed by atoms with Crippen LogP contribution in [0.5, 0.6) is 0 Å². The number of amides is 1. The van der Waals surface area contributed by atoms with E-state index in [1.165, 1.54) is 18.3 Å². The number of piperidine rings is 1. The summed E-state index contributed by atoms with van der Waals surface area (Å²) in [7, 11) is 0. The number of Topliss-reactive ketones (excluding diaryl/α,β-unsaturated/α-hetero) is 1. The van der Waals surface area contributed by atoms with Crippen LogP contribution in [0.3, 0.4) is 0 Å². The van der Waals surface area contributed by atoms with Crippen molar-refractivity contribution in [2.24, 2.45) is 5.41 Å². The van der Waals surface area contributed by atoms with E-state index in [2.05, 4.69) is 15.6 Å². The third-order valence-electron chi connectivity index (χ3n) is 3.34. The highest BCUT2D eigenvalue weighted by Crippen LogP contribution is 2.30. The summed E-state index contributed by atoms with van der Waals surface area (Å²) in [6.07, 6.45) is 1.65. The average molecular weight is 267 g/mol. The number of hydrogen-bond acceptors (Lipinski definition) is 5. The van der Waals surface area contributed by atoms with Gasteiger partial charge in [-0.15, -0.1) is 11.3 Å². The second-order valence-corrected chi connectivity index (χ2v) is 5.72. The van der Waals surface area contributed by atoms with Gasteiger partial charge in [0, 0.05) is 17.7 Å². The fourth-order valence-corrected chi connectivity index (χ4v) is 2.69. The van der Waals surface area contributed by atoms with Crippen LogP contribution >= 0.6 is 11.3 Å². The van der Waals surface area contributed by atoms with Crippen molar-refractivity contribution in [1.29, 1.82) is 0 Å². The van der Waals surface area contributed by atoms with Crippen LogP contribution in [0.1, 0.15) is 37.2 Å². The van der Waals surface area contributed by atoms with E-state index < -0.39 is 0 Å². The summed E-state index contributed by atoms with van der Waals surface area (Å²) in [6, 6.07) is 0. The van der Waals surface area contributed by atoms with Gasteiger partial charge in [-0.3, -0.25) is 9.59 Å². The number of ketones is 1. The molecule has 5 nitrogen and oxygen atoms in total. The standard InChI is InChI=1S/C12H17N3O2S/c1-8(16)9-7-18-11(14-9)15-10(17)12(2)3-5-13-6-4-12/h7,13H,3-6H2,1-2H3,(H,14,15,17). The molecule has 1 amide bonds. The Bertz CT molecular complexity index is 464. The highest BCUT2D eigenvalue weighted by molar-refractivity contribution is 7.14. The second kappa shape index (κ2) is 5.16. The number of nitrogens with one attached hydrogen (secondary N) is 2. The van der Waals surface area contributed by atoms with Crippen LogP contribution in [0.2, 0.25) is 0 Å². The Morgan fingerprint density at radius 1 is 1.44 bits per heavy atom. The molecule has 0 unspecified atom stereocenters. The molecule has 1 aliphatic heterocycles. The molecule has 0 aliphatic carbocycles. The lowest BCUT2D eigenvalue weighted by atomic mass is 9.80. The first-order chi connectivity index (χ1) is 8.51. The minimum absolute atomic E-state index is 0.00606. The van der Waals surface area contributed by atoms with Crippen molar-refractivity contribution in [3.05, 3.63) is 11.1 Å². The zero-order valence-corrected chi connectivity index (χ0v) is 11.4. The minimum Gasteiger partial charge on any atom is -0.317 e. The van der Waals surface area contributed by atoms with Gasteiger partial charge >= 0.3 is 0 Å². The molecule has 0 aromatic carbocycles. The van der Waals surface area contributed by atoms with E-state index in [9.17, 15) is 9.59 Å². The topological polar surface area (TPSA) is 71.1 Å². The summed E-state index contributed by atoms with van der Waals surface area (Å²) in [5.41, 5.74) is 0.0681. The van der Waals surface area contributed by atoms with E-state index in [4.69, 9.17) is 0 Å². The highest BCUT2D eigenvalue weighted by Gasteiger charge is 2.34. The fraction of sp³-hybridized carbons (Fsp3) is 0.583. The van der Waals surface area contributed by atoms with Crippen LogP contribution in [0.15, 0.2) is 5.38 Å². The molecule has 2 N–H and O–H groups in total. The van der Waals surface area contributed by atoms with Crippen molar-refractivity contribution in [1.82, 2.24) is 10.3 Å². The van der Waals surface area contributed by atoms with Crippen LogP contribution < -0.4 is 10.6 Å². The van der Waals surface area contributed by atoms with Crippen molar-refractivity contribution in [2.45, 2.75) is 26.7 Å². The molecular weight excluding hydrogens is 250 g/mol. The predicted octanol–water partition coefficient (Wildman–Crippen LogP) is 1.67. The number of anilines is 1. The third-order valence-corrected chi connectivity index (χ3v) is 4.10. The summed E-state index contributed by atoms with van der Waals surface area (Å²) in [5.74, 6) is -0.0896. The van der Waals surface area contributed by atoms with E-state index in [1.54, 1.807) is 5.38 Å². The van der Waals surface area contributed by atoms with Crippen molar-refractivity contribution in [3.8, 4) is 0 Å². The maximum Gasteiger partial charge on any atom is 0.232 e. The predicted molar refractivity (Wildman–Crippen MR) is 71.0 cm³/mol. The summed E-state index contributed by atoms with van der Waals surface area (Å²) in [5, 5.41) is 8.23. The summed E-state index contributed by atoms with van der Waals surface area (Å²) >= 11 is 1.29. The molecule has 0 radical (unpaired) electrons. The zero-order chi connectivity index (χ0) is 13.2. The summed E-state index contributed by atoms with van der Waals surface area (Å²) in [6.45, 7) is 5.17. The molecule has 1 saturated heterocycles. The lowest BCUT2D eigenvalue weighted by Crippen LogP contribution is -2.42. The molecule has 6 heteroatoms. The third kappa shape index (κ3) is 2.76. The minimum atomic E-state index is -0.340. The van der Waals surface area contributed by atoms with Crippen molar-refractivity contribution >= 4 is 28.2 Å². The van der Waals surface area contributed by atoms with Crippen LogP contribution in [-0.2, 0) is 4.79 Å². The van der Waals surface area contributed by atoms with E-state index in [1.807, 2.05) is 6.92 Å². The summed E-state index contributed by atoms with van der Waals surface area (Å²) in [4.78, 5) is 27.4. The molecule has 1 aliphatic rings. The Hall–Kier alpha value is -1.27. The quantitative estimate of drug-likeness (QED) is 0.817. The van der Waals surface area contributed by atoms with Gasteiger partial charge in [-0.2, -0.15) is 0 Å². The highest BCUT2D eigenvalue weighted by atomic mass is 32.1. The maximum atomic E-state index is 12.2. The molecule has 0 atom stereocenters. The number of thiazole rings is 1. The second-order valence-electron chi connectivity index (χ2n) is 4.86. The first-order valence-corrected chi connectivity index (χ1v) is 6.88. The van der Waals surface area contributed by atoms with Gasteiger partial charge in [0.2, 0.25) is 5.91 Å². The van der Waals surface area contributed by atoms with Crippen LogP contribution in [0.4, 0.5) is 5.13 Å². The molecule has 0 saturated carbocycles. The lowest BCUT2D eigenvalue weighted by molar-refractivity contribution is -0.126. The number of nitrogens with zero attached hydrogens (tertiary/aromatic N) is 1. The molecule has 1 aromatic rings. The van der Waals surface area contributed by atoms with Gasteiger partial charge in [0.1, 0.15) is 5.69 Å². The Labute approximate surface area is 110 Å². The van der Waals surface area contributed by atoms with Gasteiger partial charge in [-0.25, -0.2) is 4.98 Å². The lowest BCUT2D eigenvalue weighted by Gasteiger charge is -2.32. The fourth-order valence-electron chi connectivity index (χ4n) is 1.95. The molecular formula is C12H17N3O2S. The van der Waals surface area contributed by atoms with Crippen molar-refractivity contribution < 1.29 is 9.59 Å².